The molecular weight excluding hydrogens is 390 g/mol. The standard InChI is InChI=1S/C21H18BrN3O/c1-3-17-20-19(26-2)13-18(14-9-11-15(22)12-10-14)23-21(20)25(24-17)16-7-5-4-6-8-16/h4-13H,3H2,1-2H3. The van der Waals surface area contributed by atoms with Gasteiger partial charge in [-0.05, 0) is 30.7 Å². The predicted octanol–water partition coefficient (Wildman–Crippen LogP) is 5.42. The number of pyridine rings is 1. The van der Waals surface area contributed by atoms with Crippen LogP contribution in [0.1, 0.15) is 12.6 Å². The number of methoxy groups -OCH3 is 1. The summed E-state index contributed by atoms with van der Waals surface area (Å²) in [5.74, 6) is 0.798. The van der Waals surface area contributed by atoms with E-state index in [4.69, 9.17) is 14.8 Å². The summed E-state index contributed by atoms with van der Waals surface area (Å²) in [7, 11) is 1.69. The molecular formula is C21H18BrN3O. The van der Waals surface area contributed by atoms with Gasteiger partial charge in [-0.15, -0.1) is 0 Å². The Bertz CT molecular complexity index is 1060. The molecule has 0 aliphatic rings. The molecule has 4 nitrogen and oxygen atoms in total. The van der Waals surface area contributed by atoms with E-state index in [1.807, 2.05) is 65.3 Å². The highest BCUT2D eigenvalue weighted by Crippen LogP contribution is 2.34. The second-order valence-corrected chi connectivity index (χ2v) is 6.88. The lowest BCUT2D eigenvalue weighted by Gasteiger charge is -2.08. The minimum atomic E-state index is 0.798. The summed E-state index contributed by atoms with van der Waals surface area (Å²) in [6.45, 7) is 2.10. The maximum Gasteiger partial charge on any atom is 0.167 e. The fourth-order valence-corrected chi connectivity index (χ4v) is 3.34. The van der Waals surface area contributed by atoms with Gasteiger partial charge in [-0.3, -0.25) is 0 Å². The van der Waals surface area contributed by atoms with Gasteiger partial charge in [0.25, 0.3) is 0 Å². The summed E-state index contributed by atoms with van der Waals surface area (Å²) in [5.41, 5.74) is 4.68. The number of benzene rings is 2. The molecule has 0 spiro atoms. The van der Waals surface area contributed by atoms with Crippen LogP contribution in [0.5, 0.6) is 5.75 Å². The van der Waals surface area contributed by atoms with Crippen LogP contribution in [0.2, 0.25) is 0 Å². The molecule has 0 N–H and O–H groups in total. The Labute approximate surface area is 160 Å². The van der Waals surface area contributed by atoms with Gasteiger partial charge in [0.2, 0.25) is 0 Å². The lowest BCUT2D eigenvalue weighted by molar-refractivity contribution is 0.419. The molecule has 0 atom stereocenters. The Morgan fingerprint density at radius 2 is 1.77 bits per heavy atom. The zero-order valence-electron chi connectivity index (χ0n) is 14.6. The maximum absolute atomic E-state index is 5.70. The summed E-state index contributed by atoms with van der Waals surface area (Å²) in [6.07, 6.45) is 0.812. The number of para-hydroxylation sites is 1. The Hall–Kier alpha value is -2.66. The highest BCUT2D eigenvalue weighted by Gasteiger charge is 2.18. The zero-order valence-corrected chi connectivity index (χ0v) is 16.2. The van der Waals surface area contributed by atoms with Crippen molar-refractivity contribution in [1.82, 2.24) is 14.8 Å². The summed E-state index contributed by atoms with van der Waals surface area (Å²) in [5, 5.41) is 5.77. The smallest absolute Gasteiger partial charge is 0.167 e. The summed E-state index contributed by atoms with van der Waals surface area (Å²) >= 11 is 3.48. The van der Waals surface area contributed by atoms with Crippen LogP contribution < -0.4 is 4.74 Å². The monoisotopic (exact) mass is 407 g/mol. The molecule has 0 amide bonds. The number of hydrogen-bond donors (Lipinski definition) is 0. The molecule has 2 heterocycles. The third kappa shape index (κ3) is 2.88. The summed E-state index contributed by atoms with van der Waals surface area (Å²) < 4.78 is 8.64. The quantitative estimate of drug-likeness (QED) is 0.453. The number of aromatic nitrogens is 3. The maximum atomic E-state index is 5.70. The first-order valence-corrected chi connectivity index (χ1v) is 9.28. The van der Waals surface area contributed by atoms with Crippen LogP contribution in [-0.4, -0.2) is 21.9 Å². The van der Waals surface area contributed by atoms with E-state index in [1.165, 1.54) is 0 Å². The van der Waals surface area contributed by atoms with Gasteiger partial charge in [0.1, 0.15) is 5.75 Å². The normalized spacial score (nSPS) is 11.0. The van der Waals surface area contributed by atoms with Crippen molar-refractivity contribution in [3.63, 3.8) is 0 Å². The van der Waals surface area contributed by atoms with Crippen molar-refractivity contribution in [2.24, 2.45) is 0 Å². The second-order valence-electron chi connectivity index (χ2n) is 5.96. The molecule has 0 fully saturated rings. The fourth-order valence-electron chi connectivity index (χ4n) is 3.08. The van der Waals surface area contributed by atoms with Gasteiger partial charge in [-0.1, -0.05) is 53.2 Å². The molecule has 130 valence electrons. The van der Waals surface area contributed by atoms with Crippen molar-refractivity contribution >= 4 is 27.0 Å². The molecule has 0 radical (unpaired) electrons. The van der Waals surface area contributed by atoms with E-state index >= 15 is 0 Å². The first-order chi connectivity index (χ1) is 12.7. The Kier molecular flexibility index (Phi) is 4.47. The second kappa shape index (κ2) is 6.92. The highest BCUT2D eigenvalue weighted by atomic mass is 79.9. The zero-order chi connectivity index (χ0) is 18.1. The summed E-state index contributed by atoms with van der Waals surface area (Å²) in [6, 6.07) is 20.2. The third-order valence-corrected chi connectivity index (χ3v) is 4.90. The number of hydrogen-bond acceptors (Lipinski definition) is 3. The lowest BCUT2D eigenvalue weighted by atomic mass is 10.1. The molecule has 0 unspecified atom stereocenters. The van der Waals surface area contributed by atoms with Gasteiger partial charge in [-0.25, -0.2) is 9.67 Å². The minimum Gasteiger partial charge on any atom is -0.496 e. The molecule has 0 saturated carbocycles. The third-order valence-electron chi connectivity index (χ3n) is 4.37. The van der Waals surface area contributed by atoms with Crippen molar-refractivity contribution in [3.8, 4) is 22.7 Å². The predicted molar refractivity (Wildman–Crippen MR) is 108 cm³/mol. The van der Waals surface area contributed by atoms with E-state index in [-0.39, 0.29) is 0 Å². The van der Waals surface area contributed by atoms with Crippen LogP contribution in [0.15, 0.2) is 65.1 Å². The Morgan fingerprint density at radius 3 is 2.42 bits per heavy atom. The highest BCUT2D eigenvalue weighted by molar-refractivity contribution is 9.10. The van der Waals surface area contributed by atoms with Crippen molar-refractivity contribution < 1.29 is 4.74 Å². The Balaban J connectivity index is 2.01. The number of rotatable bonds is 4. The van der Waals surface area contributed by atoms with Crippen molar-refractivity contribution in [2.75, 3.05) is 7.11 Å². The van der Waals surface area contributed by atoms with Crippen molar-refractivity contribution in [3.05, 3.63) is 70.8 Å². The van der Waals surface area contributed by atoms with E-state index < -0.39 is 0 Å². The van der Waals surface area contributed by atoms with Gasteiger partial charge in [-0.2, -0.15) is 5.10 Å². The van der Waals surface area contributed by atoms with Crippen LogP contribution in [-0.2, 0) is 6.42 Å². The largest absolute Gasteiger partial charge is 0.496 e. The average Bonchev–Trinajstić information content (AvgIpc) is 3.07. The van der Waals surface area contributed by atoms with E-state index in [2.05, 4.69) is 22.9 Å². The first-order valence-electron chi connectivity index (χ1n) is 8.49. The fraction of sp³-hybridized carbons (Fsp3) is 0.143. The van der Waals surface area contributed by atoms with Crippen LogP contribution >= 0.6 is 15.9 Å². The number of fused-ring (bicyclic) bond motifs is 1. The van der Waals surface area contributed by atoms with Gasteiger partial charge in [0, 0.05) is 16.1 Å². The van der Waals surface area contributed by atoms with Crippen LogP contribution in [0.25, 0.3) is 28.0 Å². The molecule has 4 aromatic rings. The number of nitrogens with zero attached hydrogens (tertiary/aromatic N) is 3. The number of halogens is 1. The molecule has 0 saturated heterocycles. The van der Waals surface area contributed by atoms with Crippen molar-refractivity contribution in [2.45, 2.75) is 13.3 Å². The topological polar surface area (TPSA) is 39.9 Å². The minimum absolute atomic E-state index is 0.798. The lowest BCUT2D eigenvalue weighted by Crippen LogP contribution is -1.99. The van der Waals surface area contributed by atoms with Gasteiger partial charge in [0.15, 0.2) is 5.65 Å². The van der Waals surface area contributed by atoms with Crippen molar-refractivity contribution in [1.29, 1.82) is 0 Å². The van der Waals surface area contributed by atoms with Crippen LogP contribution in [0, 0.1) is 0 Å². The molecule has 5 heteroatoms. The van der Waals surface area contributed by atoms with Gasteiger partial charge >= 0.3 is 0 Å². The van der Waals surface area contributed by atoms with E-state index in [0.29, 0.717) is 0 Å². The molecule has 0 aliphatic heterocycles. The number of ether oxygens (including phenoxy) is 1. The first kappa shape index (κ1) is 16.8. The van der Waals surface area contributed by atoms with Gasteiger partial charge in [0.05, 0.1) is 29.6 Å². The molecule has 2 aromatic heterocycles. The summed E-state index contributed by atoms with van der Waals surface area (Å²) in [4.78, 5) is 4.93. The molecule has 26 heavy (non-hydrogen) atoms. The van der Waals surface area contributed by atoms with E-state index in [9.17, 15) is 0 Å². The SMILES string of the molecule is CCc1nn(-c2ccccc2)c2nc(-c3ccc(Br)cc3)cc(OC)c12. The van der Waals surface area contributed by atoms with Gasteiger partial charge < -0.3 is 4.74 Å². The van der Waals surface area contributed by atoms with Crippen LogP contribution in [0.3, 0.4) is 0 Å². The van der Waals surface area contributed by atoms with E-state index in [0.717, 1.165) is 50.3 Å². The molecule has 0 bridgehead atoms. The van der Waals surface area contributed by atoms with Crippen LogP contribution in [0.4, 0.5) is 0 Å². The number of aryl methyl sites for hydroxylation is 1. The van der Waals surface area contributed by atoms with E-state index in [1.54, 1.807) is 7.11 Å². The molecule has 2 aromatic carbocycles. The molecule has 0 aliphatic carbocycles. The average molecular weight is 408 g/mol. The Morgan fingerprint density at radius 1 is 1.04 bits per heavy atom. The molecule has 4 rings (SSSR count).